The molecule has 2 aliphatic heterocycles. The molecule has 0 aliphatic carbocycles. The molecule has 0 unspecified atom stereocenters. The Balaban J connectivity index is 1.45. The zero-order valence-electron chi connectivity index (χ0n) is 17.4. The molecule has 2 aliphatic rings. The summed E-state index contributed by atoms with van der Waals surface area (Å²) in [6.07, 6.45) is 3.88. The Labute approximate surface area is 172 Å². The second-order valence-corrected chi connectivity index (χ2v) is 8.04. The van der Waals surface area contributed by atoms with Crippen LogP contribution in [0.25, 0.3) is 16.7 Å². The van der Waals surface area contributed by atoms with Gasteiger partial charge < -0.3 is 19.9 Å². The maximum absolute atomic E-state index is 13.0. The van der Waals surface area contributed by atoms with Crippen molar-refractivity contribution in [1.29, 1.82) is 0 Å². The molecule has 0 saturated carbocycles. The van der Waals surface area contributed by atoms with Crippen molar-refractivity contribution in [2.24, 2.45) is 0 Å². The number of carbonyl (C=O) groups excluding carboxylic acids is 1. The fourth-order valence-electron chi connectivity index (χ4n) is 3.92. The molecule has 2 aromatic rings. The van der Waals surface area contributed by atoms with Gasteiger partial charge in [0.15, 0.2) is 0 Å². The smallest absolute Gasteiger partial charge is 0.252 e. The zero-order valence-corrected chi connectivity index (χ0v) is 17.4. The van der Waals surface area contributed by atoms with Crippen LogP contribution in [0.3, 0.4) is 0 Å². The van der Waals surface area contributed by atoms with Gasteiger partial charge in [0, 0.05) is 44.5 Å². The number of nitrogens with zero attached hydrogens (tertiary/aromatic N) is 3. The van der Waals surface area contributed by atoms with Crippen molar-refractivity contribution in [2.45, 2.75) is 19.8 Å². The summed E-state index contributed by atoms with van der Waals surface area (Å²) >= 11 is 0. The third-order valence-electron chi connectivity index (χ3n) is 5.70. The molecule has 1 fully saturated rings. The van der Waals surface area contributed by atoms with Gasteiger partial charge in [-0.25, -0.2) is 4.98 Å². The van der Waals surface area contributed by atoms with Gasteiger partial charge in [0.25, 0.3) is 5.91 Å². The first kappa shape index (κ1) is 19.9. The fourth-order valence-corrected chi connectivity index (χ4v) is 3.92. The van der Waals surface area contributed by atoms with Crippen LogP contribution < -0.4 is 5.32 Å². The van der Waals surface area contributed by atoms with Crippen molar-refractivity contribution in [2.75, 3.05) is 52.9 Å². The minimum absolute atomic E-state index is 0.0405. The largest absolute Gasteiger partial charge is 0.491 e. The van der Waals surface area contributed by atoms with Gasteiger partial charge in [-0.1, -0.05) is 11.6 Å². The lowest BCUT2D eigenvalue weighted by molar-refractivity contribution is 0.0951. The average molecular weight is 395 g/mol. The number of carbonyl (C=O) groups is 1. The molecule has 0 radical (unpaired) electrons. The van der Waals surface area contributed by atoms with Crippen LogP contribution in [-0.2, 0) is 4.74 Å². The molecule has 1 amide bonds. The van der Waals surface area contributed by atoms with Gasteiger partial charge in [0.2, 0.25) is 0 Å². The number of hydrogen-bond donors (Lipinski definition) is 1. The Bertz CT molecular complexity index is 916. The summed E-state index contributed by atoms with van der Waals surface area (Å²) in [5.74, 6) is 0.734. The van der Waals surface area contributed by atoms with E-state index in [1.54, 1.807) is 0 Å². The zero-order chi connectivity index (χ0) is 20.2. The number of aromatic nitrogens is 1. The lowest BCUT2D eigenvalue weighted by Crippen LogP contribution is -2.45. The molecule has 1 aromatic heterocycles. The van der Waals surface area contributed by atoms with Crippen LogP contribution in [0.4, 0.5) is 0 Å². The van der Waals surface area contributed by atoms with Gasteiger partial charge in [0.05, 0.1) is 17.7 Å². The number of piperazine rings is 1. The number of pyridine rings is 1. The van der Waals surface area contributed by atoms with E-state index in [9.17, 15) is 4.79 Å². The van der Waals surface area contributed by atoms with Crippen LogP contribution in [0, 0.1) is 6.92 Å². The standard InChI is InChI=1S/C23H30N4O2/c1-17-6-7-20-18(15-17)19(16-21(25-20)22-5-3-14-29-22)23(28)24-8-4-9-27-12-10-26(2)11-13-27/h5-7,15-16H,3-4,8-14H2,1-2H3,(H,24,28). The maximum Gasteiger partial charge on any atom is 0.252 e. The average Bonchev–Trinajstić information content (AvgIpc) is 3.26. The van der Waals surface area contributed by atoms with Crippen LogP contribution in [0.2, 0.25) is 0 Å². The highest BCUT2D eigenvalue weighted by Gasteiger charge is 2.18. The van der Waals surface area contributed by atoms with Crippen molar-refractivity contribution in [3.05, 3.63) is 47.2 Å². The number of aryl methyl sites for hydroxylation is 1. The van der Waals surface area contributed by atoms with Crippen molar-refractivity contribution in [1.82, 2.24) is 20.1 Å². The molecule has 6 nitrogen and oxygen atoms in total. The van der Waals surface area contributed by atoms with Gasteiger partial charge in [-0.15, -0.1) is 0 Å². The maximum atomic E-state index is 13.0. The van der Waals surface area contributed by atoms with E-state index in [2.05, 4.69) is 22.2 Å². The van der Waals surface area contributed by atoms with E-state index < -0.39 is 0 Å². The quantitative estimate of drug-likeness (QED) is 0.764. The van der Waals surface area contributed by atoms with Gasteiger partial charge in [-0.2, -0.15) is 0 Å². The van der Waals surface area contributed by atoms with Crippen LogP contribution in [0.15, 0.2) is 30.3 Å². The Morgan fingerprint density at radius 1 is 1.21 bits per heavy atom. The molecule has 1 saturated heterocycles. The second kappa shape index (κ2) is 8.93. The van der Waals surface area contributed by atoms with E-state index in [1.807, 2.05) is 37.3 Å². The summed E-state index contributed by atoms with van der Waals surface area (Å²) in [7, 11) is 2.17. The van der Waals surface area contributed by atoms with Gasteiger partial charge in [-0.3, -0.25) is 4.79 Å². The SMILES string of the molecule is Cc1ccc2nc(C3=CCCO3)cc(C(=O)NCCCN3CCN(C)CC3)c2c1. The summed E-state index contributed by atoms with van der Waals surface area (Å²) in [5.41, 5.74) is 3.35. The number of nitrogens with one attached hydrogen (secondary N) is 1. The van der Waals surface area contributed by atoms with Crippen molar-refractivity contribution < 1.29 is 9.53 Å². The molecule has 6 heteroatoms. The van der Waals surface area contributed by atoms with E-state index in [0.29, 0.717) is 18.7 Å². The lowest BCUT2D eigenvalue weighted by atomic mass is 10.0. The molecule has 3 heterocycles. The number of amides is 1. The van der Waals surface area contributed by atoms with Crippen LogP contribution >= 0.6 is 0 Å². The number of ether oxygens (including phenoxy) is 1. The van der Waals surface area contributed by atoms with Crippen molar-refractivity contribution in [3.63, 3.8) is 0 Å². The second-order valence-electron chi connectivity index (χ2n) is 8.04. The number of rotatable bonds is 6. The summed E-state index contributed by atoms with van der Waals surface area (Å²) in [5, 5.41) is 4.01. The van der Waals surface area contributed by atoms with E-state index >= 15 is 0 Å². The van der Waals surface area contributed by atoms with E-state index in [-0.39, 0.29) is 5.91 Å². The third kappa shape index (κ3) is 4.77. The van der Waals surface area contributed by atoms with Gasteiger partial charge >= 0.3 is 0 Å². The molecule has 29 heavy (non-hydrogen) atoms. The molecule has 1 aromatic carbocycles. The van der Waals surface area contributed by atoms with Gasteiger partial charge in [-0.05, 0) is 51.2 Å². The summed E-state index contributed by atoms with van der Waals surface area (Å²) < 4.78 is 5.68. The topological polar surface area (TPSA) is 57.7 Å². The predicted molar refractivity (Wildman–Crippen MR) is 116 cm³/mol. The highest BCUT2D eigenvalue weighted by atomic mass is 16.5. The fraction of sp³-hybridized carbons (Fsp3) is 0.478. The number of likely N-dealkylation sites (N-methyl/N-ethyl adjacent to an activating group) is 1. The monoisotopic (exact) mass is 394 g/mol. The van der Waals surface area contributed by atoms with E-state index in [1.165, 1.54) is 0 Å². The highest BCUT2D eigenvalue weighted by Crippen LogP contribution is 2.26. The van der Waals surface area contributed by atoms with Crippen LogP contribution in [0.5, 0.6) is 0 Å². The number of fused-ring (bicyclic) bond motifs is 1. The Morgan fingerprint density at radius 3 is 2.79 bits per heavy atom. The van der Waals surface area contributed by atoms with Crippen molar-refractivity contribution >= 4 is 22.6 Å². The van der Waals surface area contributed by atoms with Gasteiger partial charge in [0.1, 0.15) is 11.5 Å². The van der Waals surface area contributed by atoms with E-state index in [4.69, 9.17) is 9.72 Å². The number of benzene rings is 1. The predicted octanol–water partition coefficient (Wildman–Crippen LogP) is 2.67. The molecule has 0 bridgehead atoms. The van der Waals surface area contributed by atoms with Crippen molar-refractivity contribution in [3.8, 4) is 0 Å². The van der Waals surface area contributed by atoms with E-state index in [0.717, 1.165) is 73.5 Å². The molecule has 1 N–H and O–H groups in total. The molecular weight excluding hydrogens is 364 g/mol. The first-order valence-corrected chi connectivity index (χ1v) is 10.5. The summed E-state index contributed by atoms with van der Waals surface area (Å²) in [6.45, 7) is 8.87. The van der Waals surface area contributed by atoms with Crippen LogP contribution in [-0.4, -0.2) is 73.6 Å². The first-order chi connectivity index (χ1) is 14.1. The minimum atomic E-state index is -0.0405. The molecule has 4 rings (SSSR count). The Morgan fingerprint density at radius 2 is 2.03 bits per heavy atom. The highest BCUT2D eigenvalue weighted by molar-refractivity contribution is 6.06. The molecular formula is C23H30N4O2. The molecule has 154 valence electrons. The third-order valence-corrected chi connectivity index (χ3v) is 5.70. The normalized spacial score (nSPS) is 17.9. The minimum Gasteiger partial charge on any atom is -0.491 e. The summed E-state index contributed by atoms with van der Waals surface area (Å²) in [4.78, 5) is 22.6. The molecule has 0 spiro atoms. The first-order valence-electron chi connectivity index (χ1n) is 10.5. The molecule has 0 atom stereocenters. The summed E-state index contributed by atoms with van der Waals surface area (Å²) in [6, 6.07) is 7.92. The Hall–Kier alpha value is -2.44. The lowest BCUT2D eigenvalue weighted by Gasteiger charge is -2.32. The van der Waals surface area contributed by atoms with Crippen LogP contribution in [0.1, 0.15) is 34.5 Å². The number of hydrogen-bond acceptors (Lipinski definition) is 5. The Kier molecular flexibility index (Phi) is 6.11.